The Balaban J connectivity index is 1.41. The molecular formula is C27H25N3O7. The minimum Gasteiger partial charge on any atom is -0.459 e. The Kier molecular flexibility index (Phi) is 6.12. The van der Waals surface area contributed by atoms with Gasteiger partial charge in [0.1, 0.15) is 6.61 Å². The van der Waals surface area contributed by atoms with Gasteiger partial charge in [-0.2, -0.15) is 0 Å². The molecule has 2 heterocycles. The minimum absolute atomic E-state index is 0.0622. The van der Waals surface area contributed by atoms with E-state index in [1.165, 1.54) is 36.1 Å². The van der Waals surface area contributed by atoms with Crippen molar-refractivity contribution in [2.45, 2.75) is 37.6 Å². The number of aliphatic hydroxyl groups excluding tert-OH is 1. The fourth-order valence-electron chi connectivity index (χ4n) is 5.26. The van der Waals surface area contributed by atoms with E-state index in [9.17, 15) is 29.6 Å². The lowest BCUT2D eigenvalue weighted by atomic mass is 9.83. The van der Waals surface area contributed by atoms with Crippen molar-refractivity contribution >= 4 is 39.8 Å². The molecule has 0 radical (unpaired) electrons. The van der Waals surface area contributed by atoms with E-state index in [4.69, 9.17) is 4.74 Å². The highest BCUT2D eigenvalue weighted by molar-refractivity contribution is 6.16. The smallest absolute Gasteiger partial charge is 0.342 e. The zero-order valence-electron chi connectivity index (χ0n) is 20.0. The number of non-ortho nitro benzene ring substituents is 1. The third-order valence-corrected chi connectivity index (χ3v) is 7.21. The van der Waals surface area contributed by atoms with Crippen LogP contribution in [0.5, 0.6) is 0 Å². The van der Waals surface area contributed by atoms with E-state index in [0.29, 0.717) is 11.3 Å². The van der Waals surface area contributed by atoms with Gasteiger partial charge in [0, 0.05) is 24.2 Å². The Bertz CT molecular complexity index is 1400. The van der Waals surface area contributed by atoms with Gasteiger partial charge in [0.25, 0.3) is 5.69 Å². The second kappa shape index (κ2) is 9.29. The number of esters is 1. The number of anilines is 1. The fraction of sp³-hybridized carbons (Fsp3) is 0.296. The Hall–Kier alpha value is -4.31. The summed E-state index contributed by atoms with van der Waals surface area (Å²) in [5.74, 6) is -2.58. The number of hydrogen-bond donors (Lipinski definition) is 2. The highest BCUT2D eigenvalue weighted by Gasteiger charge is 2.70. The Morgan fingerprint density at radius 3 is 2.54 bits per heavy atom. The van der Waals surface area contributed by atoms with Crippen LogP contribution in [0.25, 0.3) is 10.8 Å². The Labute approximate surface area is 212 Å². The van der Waals surface area contributed by atoms with Crippen LogP contribution in [0.15, 0.2) is 66.7 Å². The first-order valence-electron chi connectivity index (χ1n) is 11.9. The molecule has 37 heavy (non-hydrogen) atoms. The van der Waals surface area contributed by atoms with Gasteiger partial charge in [0.05, 0.1) is 29.5 Å². The summed E-state index contributed by atoms with van der Waals surface area (Å²) in [6.07, 6.45) is -1.02. The maximum atomic E-state index is 13.5. The molecule has 0 aliphatic carbocycles. The lowest BCUT2D eigenvalue weighted by Crippen LogP contribution is -2.72. The number of aliphatic hydroxyl groups is 1. The average molecular weight is 504 g/mol. The van der Waals surface area contributed by atoms with E-state index < -0.39 is 46.2 Å². The molecular weight excluding hydrogens is 478 g/mol. The third kappa shape index (κ3) is 4.09. The summed E-state index contributed by atoms with van der Waals surface area (Å²) in [6, 6.07) is 18.3. The number of benzene rings is 3. The molecule has 0 unspecified atom stereocenters. The van der Waals surface area contributed by atoms with Gasteiger partial charge in [-0.3, -0.25) is 19.7 Å². The Morgan fingerprint density at radius 2 is 1.86 bits per heavy atom. The van der Waals surface area contributed by atoms with Crippen LogP contribution in [-0.2, 0) is 25.7 Å². The number of hydrogen-bond acceptors (Lipinski definition) is 8. The number of β-lactam (4-membered cyclic amide) rings is 1. The molecule has 2 aliphatic heterocycles. The van der Waals surface area contributed by atoms with E-state index in [1.807, 2.05) is 42.5 Å². The molecule has 3 aromatic carbocycles. The van der Waals surface area contributed by atoms with Gasteiger partial charge >= 0.3 is 5.97 Å². The van der Waals surface area contributed by atoms with Crippen molar-refractivity contribution in [2.75, 3.05) is 11.9 Å². The van der Waals surface area contributed by atoms with Crippen molar-refractivity contribution in [1.82, 2.24) is 4.90 Å². The number of nitro groups is 1. The van der Waals surface area contributed by atoms with Gasteiger partial charge in [0.2, 0.25) is 11.4 Å². The summed E-state index contributed by atoms with van der Waals surface area (Å²) < 4.78 is 5.52. The van der Waals surface area contributed by atoms with Crippen LogP contribution in [0.1, 0.15) is 18.9 Å². The molecule has 2 N–H and O–H groups in total. The van der Waals surface area contributed by atoms with Crippen molar-refractivity contribution in [3.63, 3.8) is 0 Å². The van der Waals surface area contributed by atoms with Gasteiger partial charge in [-0.05, 0) is 47.5 Å². The number of rotatable bonds is 8. The van der Waals surface area contributed by atoms with Crippen LogP contribution < -0.4 is 5.32 Å². The average Bonchev–Trinajstić information content (AvgIpc) is 3.14. The first-order valence-corrected chi connectivity index (χ1v) is 11.9. The van der Waals surface area contributed by atoms with Crippen LogP contribution in [0.2, 0.25) is 0 Å². The number of nitro benzene ring substituents is 1. The predicted octanol–water partition coefficient (Wildman–Crippen LogP) is 2.82. The third-order valence-electron chi connectivity index (χ3n) is 7.21. The molecule has 2 fully saturated rings. The van der Waals surface area contributed by atoms with Gasteiger partial charge in [-0.25, -0.2) is 4.79 Å². The van der Waals surface area contributed by atoms with Crippen LogP contribution in [0, 0.1) is 16.0 Å². The van der Waals surface area contributed by atoms with Crippen LogP contribution in [0.3, 0.4) is 0 Å². The summed E-state index contributed by atoms with van der Waals surface area (Å²) >= 11 is 0. The number of carbonyl (C=O) groups is 3. The van der Waals surface area contributed by atoms with Crippen LogP contribution in [0.4, 0.5) is 11.4 Å². The molecule has 0 saturated carbocycles. The second-order valence-electron chi connectivity index (χ2n) is 9.44. The van der Waals surface area contributed by atoms with Gasteiger partial charge in [-0.15, -0.1) is 0 Å². The molecule has 0 spiro atoms. The quantitative estimate of drug-likeness (QED) is 0.157. The van der Waals surface area contributed by atoms with E-state index in [2.05, 4.69) is 5.32 Å². The van der Waals surface area contributed by atoms with Crippen LogP contribution in [-0.4, -0.2) is 56.8 Å². The first-order chi connectivity index (χ1) is 17.7. The van der Waals surface area contributed by atoms with Crippen molar-refractivity contribution in [3.05, 3.63) is 82.4 Å². The molecule has 10 nitrogen and oxygen atoms in total. The maximum absolute atomic E-state index is 13.5. The lowest BCUT2D eigenvalue weighted by molar-refractivity contribution is -0.384. The van der Waals surface area contributed by atoms with E-state index in [0.717, 1.165) is 10.8 Å². The molecule has 190 valence electrons. The molecule has 0 aromatic heterocycles. The van der Waals surface area contributed by atoms with Gasteiger partial charge in [0.15, 0.2) is 5.78 Å². The van der Waals surface area contributed by atoms with E-state index >= 15 is 0 Å². The summed E-state index contributed by atoms with van der Waals surface area (Å²) in [5.41, 5.74) is -0.831. The molecule has 0 bridgehead atoms. The molecule has 2 saturated heterocycles. The van der Waals surface area contributed by atoms with Gasteiger partial charge < -0.3 is 20.1 Å². The number of fused-ring (bicyclic) bond motifs is 2. The number of nitrogens with zero attached hydrogens (tertiary/aromatic N) is 2. The molecule has 1 amide bonds. The zero-order chi connectivity index (χ0) is 26.3. The Morgan fingerprint density at radius 1 is 1.16 bits per heavy atom. The summed E-state index contributed by atoms with van der Waals surface area (Å²) in [6.45, 7) is 1.07. The maximum Gasteiger partial charge on any atom is 0.342 e. The van der Waals surface area contributed by atoms with Crippen LogP contribution >= 0.6 is 0 Å². The normalized spacial score (nSPS) is 23.4. The summed E-state index contributed by atoms with van der Waals surface area (Å²) in [7, 11) is 0. The number of nitrogens with one attached hydrogen (secondary N) is 1. The van der Waals surface area contributed by atoms with E-state index in [-0.39, 0.29) is 25.3 Å². The minimum atomic E-state index is -1.89. The van der Waals surface area contributed by atoms with Crippen molar-refractivity contribution in [2.24, 2.45) is 5.92 Å². The highest BCUT2D eigenvalue weighted by Crippen LogP contribution is 2.46. The number of carbonyl (C=O) groups excluding carboxylic acids is 3. The largest absolute Gasteiger partial charge is 0.459 e. The van der Waals surface area contributed by atoms with Crippen molar-refractivity contribution < 1.29 is 29.2 Å². The number of ether oxygens (including phenoxy) is 1. The second-order valence-corrected chi connectivity index (χ2v) is 9.44. The standard InChI is InChI=1S/C27H25N3O7/c1-16(31)24-22-13-23(32)27(29(22)25(24)33,15-28-20-9-8-18-4-2-3-5-19(18)12-20)26(34)37-14-17-6-10-21(11-7-17)30(35)36/h2-12,16,22,24,28,31H,13-15H2,1H3/t16-,22-,24-,27+/m1/s1. The topological polar surface area (TPSA) is 139 Å². The van der Waals surface area contributed by atoms with Gasteiger partial charge in [-0.1, -0.05) is 30.3 Å². The van der Waals surface area contributed by atoms with E-state index in [1.54, 1.807) is 0 Å². The first kappa shape index (κ1) is 24.4. The lowest BCUT2D eigenvalue weighted by Gasteiger charge is -2.49. The monoisotopic (exact) mass is 503 g/mol. The number of amides is 1. The highest BCUT2D eigenvalue weighted by atomic mass is 16.6. The molecule has 3 aromatic rings. The predicted molar refractivity (Wildman–Crippen MR) is 133 cm³/mol. The molecule has 2 aliphatic rings. The van der Waals surface area contributed by atoms with Crippen molar-refractivity contribution in [3.8, 4) is 0 Å². The summed E-state index contributed by atoms with van der Waals surface area (Å²) in [4.78, 5) is 51.5. The number of ketones is 1. The SMILES string of the molecule is C[C@@H](O)[C@H]1C(=O)N2[C@@H]1CC(=O)[C@@]2(CNc1ccc2ccccc2c1)C(=O)OCc1ccc([N+](=O)[O-])cc1. The molecule has 5 rings (SSSR count). The van der Waals surface area contributed by atoms with Crippen molar-refractivity contribution in [1.29, 1.82) is 0 Å². The molecule has 10 heteroatoms. The zero-order valence-corrected chi connectivity index (χ0v) is 20.0. The fourth-order valence-corrected chi connectivity index (χ4v) is 5.26. The number of Topliss-reactive ketones (excluding diaryl/α,β-unsaturated/α-hetero) is 1. The molecule has 4 atom stereocenters. The summed E-state index contributed by atoms with van der Waals surface area (Å²) in [5, 5.41) is 26.1.